The number of hydrogen-bond donors (Lipinski definition) is 2. The Balaban J connectivity index is 2.62. The highest BCUT2D eigenvalue weighted by Crippen LogP contribution is 2.37. The molecule has 0 aliphatic rings. The summed E-state index contributed by atoms with van der Waals surface area (Å²) in [5.41, 5.74) is 6.88. The maximum Gasteiger partial charge on any atom is 0.135 e. The van der Waals surface area contributed by atoms with E-state index in [0.29, 0.717) is 31.2 Å². The third-order valence-electron chi connectivity index (χ3n) is 2.22. The van der Waals surface area contributed by atoms with Crippen molar-refractivity contribution in [1.82, 2.24) is 4.98 Å². The molecule has 2 rings (SSSR count). The molecule has 6 heteroatoms. The van der Waals surface area contributed by atoms with Crippen molar-refractivity contribution < 1.29 is 0 Å². The molecule has 17 heavy (non-hydrogen) atoms. The average Bonchev–Trinajstić information content (AvgIpc) is 2.60. The highest BCUT2D eigenvalue weighted by molar-refractivity contribution is 7.17. The van der Waals surface area contributed by atoms with Gasteiger partial charge in [0.25, 0.3) is 0 Å². The molecule has 0 atom stereocenters. The lowest BCUT2D eigenvalue weighted by molar-refractivity contribution is 1.25. The third kappa shape index (κ3) is 2.29. The van der Waals surface area contributed by atoms with Crippen LogP contribution in [0.2, 0.25) is 10.0 Å². The van der Waals surface area contributed by atoms with Crippen molar-refractivity contribution in [3.63, 3.8) is 0 Å². The maximum atomic E-state index is 7.44. The van der Waals surface area contributed by atoms with E-state index in [1.165, 1.54) is 11.3 Å². The van der Waals surface area contributed by atoms with Crippen LogP contribution in [0.25, 0.3) is 10.6 Å². The van der Waals surface area contributed by atoms with Crippen LogP contribution in [0.3, 0.4) is 0 Å². The largest absolute Gasteiger partial charge is 0.383 e. The number of nitrogens with two attached hydrogens (primary N) is 1. The van der Waals surface area contributed by atoms with Crippen LogP contribution in [0.15, 0.2) is 18.2 Å². The second kappa shape index (κ2) is 4.64. The zero-order valence-corrected chi connectivity index (χ0v) is 11.2. The number of nitrogen functional groups attached to an aromatic ring is 1. The van der Waals surface area contributed by atoms with Crippen LogP contribution in [-0.2, 0) is 0 Å². The Morgan fingerprint density at radius 3 is 2.41 bits per heavy atom. The lowest BCUT2D eigenvalue weighted by Crippen LogP contribution is -2.10. The Morgan fingerprint density at radius 1 is 1.35 bits per heavy atom. The van der Waals surface area contributed by atoms with Crippen LogP contribution < -0.4 is 5.73 Å². The van der Waals surface area contributed by atoms with Gasteiger partial charge in [0.05, 0.1) is 20.6 Å². The van der Waals surface area contributed by atoms with Gasteiger partial charge in [-0.1, -0.05) is 29.3 Å². The second-order valence-corrected chi connectivity index (χ2v) is 5.26. The standard InChI is InChI=1S/C11H9Cl2N3S/c1-5-9(10(14)15)17-11(16-5)8-6(12)3-2-4-7(8)13/h2-4H,1H3,(H3,14,15). The van der Waals surface area contributed by atoms with Gasteiger partial charge >= 0.3 is 0 Å². The van der Waals surface area contributed by atoms with Crippen LogP contribution in [-0.4, -0.2) is 10.8 Å². The van der Waals surface area contributed by atoms with Gasteiger partial charge in [0.1, 0.15) is 10.8 Å². The Bertz CT molecular complexity index is 572. The van der Waals surface area contributed by atoms with E-state index in [2.05, 4.69) is 4.98 Å². The van der Waals surface area contributed by atoms with Crippen molar-refractivity contribution in [3.8, 4) is 10.6 Å². The van der Waals surface area contributed by atoms with Crippen molar-refractivity contribution in [2.24, 2.45) is 5.73 Å². The molecular formula is C11H9Cl2N3S. The summed E-state index contributed by atoms with van der Waals surface area (Å²) in [6.45, 7) is 1.81. The monoisotopic (exact) mass is 285 g/mol. The van der Waals surface area contributed by atoms with Crippen molar-refractivity contribution in [2.45, 2.75) is 6.92 Å². The smallest absolute Gasteiger partial charge is 0.135 e. The molecule has 0 saturated carbocycles. The molecule has 0 aliphatic heterocycles. The van der Waals surface area contributed by atoms with Crippen molar-refractivity contribution in [1.29, 1.82) is 5.41 Å². The Kier molecular flexibility index (Phi) is 3.38. The van der Waals surface area contributed by atoms with Gasteiger partial charge in [0, 0.05) is 5.56 Å². The molecule has 0 aliphatic carbocycles. The fraction of sp³-hybridized carbons (Fsp3) is 0.0909. The minimum Gasteiger partial charge on any atom is -0.383 e. The summed E-state index contributed by atoms with van der Waals surface area (Å²) in [5.74, 6) is 0.00873. The van der Waals surface area contributed by atoms with Gasteiger partial charge in [-0.2, -0.15) is 0 Å². The van der Waals surface area contributed by atoms with Crippen molar-refractivity contribution in [2.75, 3.05) is 0 Å². The van der Waals surface area contributed by atoms with Gasteiger partial charge in [-0.05, 0) is 19.1 Å². The number of amidine groups is 1. The number of nitrogens with zero attached hydrogens (tertiary/aromatic N) is 1. The molecule has 2 aromatic rings. The Hall–Kier alpha value is -1.10. The fourth-order valence-electron chi connectivity index (χ4n) is 1.46. The van der Waals surface area contributed by atoms with E-state index in [4.69, 9.17) is 34.3 Å². The minimum atomic E-state index is 0.00873. The zero-order valence-electron chi connectivity index (χ0n) is 8.92. The summed E-state index contributed by atoms with van der Waals surface area (Å²) in [6.07, 6.45) is 0. The summed E-state index contributed by atoms with van der Waals surface area (Å²) in [4.78, 5) is 5.00. The first-order chi connectivity index (χ1) is 8.00. The van der Waals surface area contributed by atoms with E-state index in [9.17, 15) is 0 Å². The lowest BCUT2D eigenvalue weighted by Gasteiger charge is -2.02. The van der Waals surface area contributed by atoms with E-state index in [-0.39, 0.29) is 5.84 Å². The summed E-state index contributed by atoms with van der Waals surface area (Å²) >= 11 is 13.5. The van der Waals surface area contributed by atoms with Crippen LogP contribution >= 0.6 is 34.5 Å². The molecule has 1 heterocycles. The van der Waals surface area contributed by atoms with Gasteiger partial charge in [-0.25, -0.2) is 4.98 Å². The summed E-state index contributed by atoms with van der Waals surface area (Å²) < 4.78 is 0. The van der Waals surface area contributed by atoms with Gasteiger partial charge in [-0.3, -0.25) is 5.41 Å². The molecule has 0 radical (unpaired) electrons. The first-order valence-electron chi connectivity index (χ1n) is 4.77. The van der Waals surface area contributed by atoms with Crippen LogP contribution in [0.4, 0.5) is 0 Å². The first-order valence-corrected chi connectivity index (χ1v) is 6.34. The molecule has 0 amide bonds. The summed E-state index contributed by atoms with van der Waals surface area (Å²) in [5, 5.41) is 9.21. The van der Waals surface area contributed by atoms with Crippen molar-refractivity contribution >= 4 is 40.4 Å². The van der Waals surface area contributed by atoms with Gasteiger partial charge in [0.2, 0.25) is 0 Å². The molecule has 0 unspecified atom stereocenters. The predicted octanol–water partition coefficient (Wildman–Crippen LogP) is 3.71. The lowest BCUT2D eigenvalue weighted by atomic mass is 10.2. The molecule has 0 bridgehead atoms. The number of nitrogens with one attached hydrogen (secondary N) is 1. The molecule has 3 nitrogen and oxygen atoms in total. The van der Waals surface area contributed by atoms with Gasteiger partial charge in [0.15, 0.2) is 0 Å². The molecule has 88 valence electrons. The van der Waals surface area contributed by atoms with Gasteiger partial charge < -0.3 is 5.73 Å². The molecule has 0 saturated heterocycles. The molecule has 1 aromatic carbocycles. The van der Waals surface area contributed by atoms with E-state index in [1.807, 2.05) is 6.92 Å². The summed E-state index contributed by atoms with van der Waals surface area (Å²) in [6, 6.07) is 5.29. The number of hydrogen-bond acceptors (Lipinski definition) is 3. The quantitative estimate of drug-likeness (QED) is 0.653. The third-order valence-corrected chi connectivity index (χ3v) is 4.06. The predicted molar refractivity (Wildman–Crippen MR) is 73.3 cm³/mol. The van der Waals surface area contributed by atoms with E-state index in [0.717, 1.165) is 0 Å². The molecular weight excluding hydrogens is 277 g/mol. The highest BCUT2D eigenvalue weighted by atomic mass is 35.5. The number of thiazole rings is 1. The Labute approximate surface area is 113 Å². The number of rotatable bonds is 2. The Morgan fingerprint density at radius 2 is 1.94 bits per heavy atom. The number of aromatic nitrogens is 1. The van der Waals surface area contributed by atoms with E-state index in [1.54, 1.807) is 18.2 Å². The number of aryl methyl sites for hydroxylation is 1. The zero-order chi connectivity index (χ0) is 12.6. The molecule has 1 aromatic heterocycles. The summed E-state index contributed by atoms with van der Waals surface area (Å²) in [7, 11) is 0. The van der Waals surface area contributed by atoms with Crippen LogP contribution in [0.1, 0.15) is 10.6 Å². The molecule has 0 fully saturated rings. The SMILES string of the molecule is Cc1nc(-c2c(Cl)cccc2Cl)sc1C(=N)N. The first kappa shape index (κ1) is 12.4. The molecule has 0 spiro atoms. The highest BCUT2D eigenvalue weighted by Gasteiger charge is 2.16. The fourth-order valence-corrected chi connectivity index (χ4v) is 3.15. The van der Waals surface area contributed by atoms with E-state index >= 15 is 0 Å². The minimum absolute atomic E-state index is 0.00873. The normalized spacial score (nSPS) is 10.5. The van der Waals surface area contributed by atoms with Crippen LogP contribution in [0, 0.1) is 12.3 Å². The topological polar surface area (TPSA) is 62.8 Å². The van der Waals surface area contributed by atoms with E-state index < -0.39 is 0 Å². The second-order valence-electron chi connectivity index (χ2n) is 3.44. The number of benzene rings is 1. The van der Waals surface area contributed by atoms with Crippen molar-refractivity contribution in [3.05, 3.63) is 38.8 Å². The van der Waals surface area contributed by atoms with Gasteiger partial charge in [-0.15, -0.1) is 11.3 Å². The molecule has 3 N–H and O–H groups in total. The maximum absolute atomic E-state index is 7.44. The number of halogens is 2. The average molecular weight is 286 g/mol. The van der Waals surface area contributed by atoms with Crippen LogP contribution in [0.5, 0.6) is 0 Å².